The van der Waals surface area contributed by atoms with Gasteiger partial charge in [0.25, 0.3) is 17.5 Å². The van der Waals surface area contributed by atoms with Gasteiger partial charge < -0.3 is 14.5 Å². The fraction of sp³-hybridized carbons (Fsp3) is 0.500. The highest BCUT2D eigenvalue weighted by atomic mass is 16.6. The molecule has 0 aliphatic carbocycles. The molecule has 9 nitrogen and oxygen atoms in total. The van der Waals surface area contributed by atoms with Crippen molar-refractivity contribution in [2.75, 3.05) is 53.0 Å². The molecular formula is C20H26N4O5. The highest BCUT2D eigenvalue weighted by molar-refractivity contribution is 6.35. The third-order valence-corrected chi connectivity index (χ3v) is 5.20. The molecule has 1 aromatic rings. The van der Waals surface area contributed by atoms with E-state index in [0.717, 1.165) is 13.1 Å². The Morgan fingerprint density at radius 3 is 2.31 bits per heavy atom. The molecule has 0 aromatic heterocycles. The van der Waals surface area contributed by atoms with Gasteiger partial charge in [-0.05, 0) is 38.1 Å². The maximum absolute atomic E-state index is 13.2. The molecule has 0 bridgehead atoms. The quantitative estimate of drug-likeness (QED) is 0.280. The molecule has 2 heterocycles. The van der Waals surface area contributed by atoms with Crippen LogP contribution in [0.15, 0.2) is 30.0 Å². The number of imide groups is 1. The molecule has 29 heavy (non-hydrogen) atoms. The van der Waals surface area contributed by atoms with Crippen molar-refractivity contribution in [1.82, 2.24) is 14.7 Å². The molecular weight excluding hydrogens is 376 g/mol. The summed E-state index contributed by atoms with van der Waals surface area (Å²) in [6, 6.07) is 5.80. The predicted octanol–water partition coefficient (Wildman–Crippen LogP) is 1.35. The third-order valence-electron chi connectivity index (χ3n) is 5.20. The van der Waals surface area contributed by atoms with Gasteiger partial charge in [-0.15, -0.1) is 0 Å². The molecule has 9 heteroatoms. The van der Waals surface area contributed by atoms with Gasteiger partial charge in [0.05, 0.1) is 10.5 Å². The number of non-ortho nitro benzene ring substituents is 1. The number of hydrogen-bond donors (Lipinski definition) is 0. The summed E-state index contributed by atoms with van der Waals surface area (Å²) in [5.41, 5.74) is 1.19. The number of nitro benzene ring substituents is 1. The van der Waals surface area contributed by atoms with Crippen LogP contribution in [0.3, 0.4) is 0 Å². The van der Waals surface area contributed by atoms with Gasteiger partial charge in [-0.1, -0.05) is 0 Å². The van der Waals surface area contributed by atoms with E-state index in [1.165, 1.54) is 17.0 Å². The Kier molecular flexibility index (Phi) is 6.60. The van der Waals surface area contributed by atoms with Crippen LogP contribution in [0, 0.1) is 10.1 Å². The molecule has 156 valence electrons. The Bertz CT molecular complexity index is 813. The van der Waals surface area contributed by atoms with E-state index in [0.29, 0.717) is 49.6 Å². The molecule has 0 saturated carbocycles. The van der Waals surface area contributed by atoms with Crippen molar-refractivity contribution in [2.45, 2.75) is 13.3 Å². The molecule has 0 spiro atoms. The summed E-state index contributed by atoms with van der Waals surface area (Å²) >= 11 is 0. The average molecular weight is 402 g/mol. The Morgan fingerprint density at radius 1 is 1.07 bits per heavy atom. The van der Waals surface area contributed by atoms with Crippen molar-refractivity contribution in [3.63, 3.8) is 0 Å². The molecule has 0 atom stereocenters. The van der Waals surface area contributed by atoms with E-state index in [2.05, 4.69) is 4.90 Å². The van der Waals surface area contributed by atoms with Gasteiger partial charge in [-0.3, -0.25) is 24.6 Å². The van der Waals surface area contributed by atoms with E-state index in [9.17, 15) is 19.7 Å². The number of nitro groups is 1. The monoisotopic (exact) mass is 402 g/mol. The maximum Gasteiger partial charge on any atom is 0.277 e. The number of piperazine rings is 1. The van der Waals surface area contributed by atoms with Crippen LogP contribution in [0.5, 0.6) is 0 Å². The lowest BCUT2D eigenvalue weighted by molar-refractivity contribution is -0.384. The van der Waals surface area contributed by atoms with E-state index in [1.807, 2.05) is 18.9 Å². The van der Waals surface area contributed by atoms with Crippen molar-refractivity contribution < 1.29 is 19.2 Å². The molecule has 0 N–H and O–H groups in total. The highest BCUT2D eigenvalue weighted by Crippen LogP contribution is 2.33. The van der Waals surface area contributed by atoms with Gasteiger partial charge in [0.2, 0.25) is 0 Å². The Morgan fingerprint density at radius 2 is 1.72 bits per heavy atom. The standard InChI is InChI=1S/C20H26N4O5/c1-3-29-14-4-9-23-19(25)17(15-5-7-16(8-6-15)24(27)28)18(20(23)26)22-12-10-21(2)11-13-22/h5-8H,3-4,9-14H2,1-2H3. The van der Waals surface area contributed by atoms with Crippen molar-refractivity contribution in [3.05, 3.63) is 45.6 Å². The van der Waals surface area contributed by atoms with Crippen LogP contribution >= 0.6 is 0 Å². The van der Waals surface area contributed by atoms with Gasteiger partial charge in [-0.2, -0.15) is 0 Å². The Balaban J connectivity index is 1.92. The molecule has 1 saturated heterocycles. The predicted molar refractivity (Wildman–Crippen MR) is 107 cm³/mol. The molecule has 2 aliphatic rings. The normalized spacial score (nSPS) is 18.1. The van der Waals surface area contributed by atoms with Gasteiger partial charge in [-0.25, -0.2) is 0 Å². The minimum Gasteiger partial charge on any atom is -0.382 e. The van der Waals surface area contributed by atoms with Gasteiger partial charge in [0.1, 0.15) is 5.70 Å². The first kappa shape index (κ1) is 20.9. The maximum atomic E-state index is 13.2. The first-order valence-corrected chi connectivity index (χ1v) is 9.80. The average Bonchev–Trinajstić information content (AvgIpc) is 2.96. The Hall–Kier alpha value is -2.78. The summed E-state index contributed by atoms with van der Waals surface area (Å²) in [6.45, 7) is 6.12. The van der Waals surface area contributed by atoms with Crippen LogP contribution in [0.4, 0.5) is 5.69 Å². The van der Waals surface area contributed by atoms with Crippen LogP contribution in [0.2, 0.25) is 0 Å². The number of benzene rings is 1. The number of carbonyl (C=O) groups excluding carboxylic acids is 2. The minimum atomic E-state index is -0.485. The molecule has 0 radical (unpaired) electrons. The zero-order valence-corrected chi connectivity index (χ0v) is 16.8. The van der Waals surface area contributed by atoms with E-state index >= 15 is 0 Å². The number of likely N-dealkylation sites (N-methyl/N-ethyl adjacent to an activating group) is 1. The Labute approximate surface area is 169 Å². The molecule has 0 unspecified atom stereocenters. The second-order valence-electron chi connectivity index (χ2n) is 7.13. The van der Waals surface area contributed by atoms with E-state index in [1.54, 1.807) is 12.1 Å². The lowest BCUT2D eigenvalue weighted by Gasteiger charge is -2.34. The number of carbonyl (C=O) groups is 2. The summed E-state index contributed by atoms with van der Waals surface area (Å²) in [5, 5.41) is 11.0. The van der Waals surface area contributed by atoms with E-state index in [-0.39, 0.29) is 24.0 Å². The summed E-state index contributed by atoms with van der Waals surface area (Å²) in [7, 11) is 2.02. The molecule has 1 aromatic carbocycles. The zero-order valence-electron chi connectivity index (χ0n) is 16.8. The van der Waals surface area contributed by atoms with Crippen molar-refractivity contribution in [1.29, 1.82) is 0 Å². The summed E-state index contributed by atoms with van der Waals surface area (Å²) in [5.74, 6) is -0.654. The summed E-state index contributed by atoms with van der Waals surface area (Å²) in [4.78, 5) is 42.2. The van der Waals surface area contributed by atoms with E-state index in [4.69, 9.17) is 4.74 Å². The smallest absolute Gasteiger partial charge is 0.277 e. The first-order chi connectivity index (χ1) is 13.9. The van der Waals surface area contributed by atoms with Crippen molar-refractivity contribution >= 4 is 23.1 Å². The number of nitrogens with zero attached hydrogens (tertiary/aromatic N) is 4. The number of hydrogen-bond acceptors (Lipinski definition) is 7. The van der Waals surface area contributed by atoms with Gasteiger partial charge >= 0.3 is 0 Å². The molecule has 2 amide bonds. The van der Waals surface area contributed by atoms with Gasteiger partial charge in [0, 0.05) is 58.1 Å². The van der Waals surface area contributed by atoms with Crippen LogP contribution in [0.1, 0.15) is 18.9 Å². The fourth-order valence-corrected chi connectivity index (χ4v) is 3.57. The topological polar surface area (TPSA) is 96.2 Å². The third kappa shape index (κ3) is 4.46. The molecule has 3 rings (SSSR count). The highest BCUT2D eigenvalue weighted by Gasteiger charge is 2.41. The number of ether oxygens (including phenoxy) is 1. The van der Waals surface area contributed by atoms with Crippen molar-refractivity contribution in [2.24, 2.45) is 0 Å². The van der Waals surface area contributed by atoms with Crippen molar-refractivity contribution in [3.8, 4) is 0 Å². The number of amides is 2. The molecule has 2 aliphatic heterocycles. The van der Waals surface area contributed by atoms with Gasteiger partial charge in [0.15, 0.2) is 0 Å². The number of rotatable bonds is 8. The summed E-state index contributed by atoms with van der Waals surface area (Å²) < 4.78 is 5.32. The lowest BCUT2D eigenvalue weighted by atomic mass is 10.0. The lowest BCUT2D eigenvalue weighted by Crippen LogP contribution is -2.46. The fourth-order valence-electron chi connectivity index (χ4n) is 3.57. The van der Waals surface area contributed by atoms with E-state index < -0.39 is 4.92 Å². The second-order valence-corrected chi connectivity index (χ2v) is 7.13. The SMILES string of the molecule is CCOCCCN1C(=O)C(c2ccc([N+](=O)[O-])cc2)=C(N2CCN(C)CC2)C1=O. The van der Waals surface area contributed by atoms with Crippen LogP contribution in [-0.2, 0) is 14.3 Å². The second kappa shape index (κ2) is 9.15. The largest absolute Gasteiger partial charge is 0.382 e. The van der Waals surface area contributed by atoms with Crippen LogP contribution < -0.4 is 0 Å². The van der Waals surface area contributed by atoms with Crippen LogP contribution in [-0.4, -0.2) is 84.4 Å². The zero-order chi connectivity index (χ0) is 21.0. The first-order valence-electron chi connectivity index (χ1n) is 9.80. The minimum absolute atomic E-state index is 0.0548. The molecule has 1 fully saturated rings. The summed E-state index contributed by atoms with van der Waals surface area (Å²) in [6.07, 6.45) is 0.564. The van der Waals surface area contributed by atoms with Crippen LogP contribution in [0.25, 0.3) is 5.57 Å².